The van der Waals surface area contributed by atoms with Crippen LogP contribution < -0.4 is 5.73 Å². The van der Waals surface area contributed by atoms with Crippen molar-refractivity contribution in [1.29, 1.82) is 0 Å². The average Bonchev–Trinajstić information content (AvgIpc) is 3.10. The van der Waals surface area contributed by atoms with E-state index < -0.39 is 0 Å². The van der Waals surface area contributed by atoms with Gasteiger partial charge in [0, 0.05) is 18.5 Å². The maximum Gasteiger partial charge on any atom is 0.0969 e. The lowest BCUT2D eigenvalue weighted by Crippen LogP contribution is -2.20. The molecule has 0 bridgehead atoms. The molecule has 0 radical (unpaired) electrons. The summed E-state index contributed by atoms with van der Waals surface area (Å²) >= 11 is 1.89. The minimum absolute atomic E-state index is 0.487. The van der Waals surface area contributed by atoms with Crippen molar-refractivity contribution in [1.82, 2.24) is 9.88 Å². The van der Waals surface area contributed by atoms with Crippen molar-refractivity contribution in [2.24, 2.45) is 11.7 Å². The molecule has 1 aromatic heterocycles. The lowest BCUT2D eigenvalue weighted by Gasteiger charge is -2.19. The maximum absolute atomic E-state index is 5.86. The van der Waals surface area contributed by atoms with E-state index >= 15 is 0 Å². The predicted octanol–water partition coefficient (Wildman–Crippen LogP) is 3.13. The molecule has 1 aromatic carbocycles. The zero-order valence-electron chi connectivity index (χ0n) is 11.9. The molecule has 2 fully saturated rings. The van der Waals surface area contributed by atoms with E-state index in [1.54, 1.807) is 0 Å². The van der Waals surface area contributed by atoms with Crippen LogP contribution in [0.5, 0.6) is 0 Å². The number of fused-ring (bicyclic) bond motifs is 1. The molecular formula is C16H21N3S. The third kappa shape index (κ3) is 2.07. The van der Waals surface area contributed by atoms with Crippen LogP contribution in [-0.2, 0) is 0 Å². The normalized spacial score (nSPS) is 27.5. The Balaban J connectivity index is 1.75. The number of nitrogens with two attached hydrogens (primary N) is 1. The Bertz CT molecular complexity index is 632. The third-order valence-electron chi connectivity index (χ3n) is 4.72. The Labute approximate surface area is 123 Å². The van der Waals surface area contributed by atoms with Gasteiger partial charge >= 0.3 is 0 Å². The smallest absolute Gasteiger partial charge is 0.0969 e. The van der Waals surface area contributed by atoms with Crippen molar-refractivity contribution in [2.75, 3.05) is 20.1 Å². The Kier molecular flexibility index (Phi) is 3.05. The molecular weight excluding hydrogens is 266 g/mol. The van der Waals surface area contributed by atoms with E-state index in [1.165, 1.54) is 40.1 Å². The molecule has 2 aliphatic rings. The van der Waals surface area contributed by atoms with Crippen molar-refractivity contribution >= 4 is 21.6 Å². The van der Waals surface area contributed by atoms with Crippen molar-refractivity contribution in [2.45, 2.75) is 31.2 Å². The van der Waals surface area contributed by atoms with Gasteiger partial charge < -0.3 is 5.73 Å². The summed E-state index contributed by atoms with van der Waals surface area (Å²) < 4.78 is 1.36. The number of likely N-dealkylation sites (tertiary alicyclic amines) is 1. The van der Waals surface area contributed by atoms with Gasteiger partial charge in [0.15, 0.2) is 0 Å². The fourth-order valence-corrected chi connectivity index (χ4v) is 4.57. The van der Waals surface area contributed by atoms with Gasteiger partial charge in [-0.3, -0.25) is 4.90 Å². The highest BCUT2D eigenvalue weighted by atomic mass is 32.1. The largest absolute Gasteiger partial charge is 0.330 e. The summed E-state index contributed by atoms with van der Waals surface area (Å²) in [6, 6.07) is 7.16. The molecule has 2 aromatic rings. The Morgan fingerprint density at radius 3 is 2.95 bits per heavy atom. The van der Waals surface area contributed by atoms with Gasteiger partial charge in [-0.25, -0.2) is 4.98 Å². The summed E-state index contributed by atoms with van der Waals surface area (Å²) in [5.41, 5.74) is 8.51. The lowest BCUT2D eigenvalue weighted by atomic mass is 9.99. The molecule has 3 nitrogen and oxygen atoms in total. The van der Waals surface area contributed by atoms with Crippen LogP contribution in [0.2, 0.25) is 0 Å². The first kappa shape index (κ1) is 12.7. The molecule has 2 atom stereocenters. The zero-order valence-corrected chi connectivity index (χ0v) is 12.7. The van der Waals surface area contributed by atoms with E-state index in [1.807, 2.05) is 11.3 Å². The highest BCUT2D eigenvalue weighted by molar-refractivity contribution is 7.18. The van der Waals surface area contributed by atoms with Gasteiger partial charge in [0.1, 0.15) is 0 Å². The molecule has 1 saturated heterocycles. The molecule has 4 rings (SSSR count). The highest BCUT2D eigenvalue weighted by Crippen LogP contribution is 2.45. The molecule has 2 N–H and O–H groups in total. The molecule has 1 saturated carbocycles. The van der Waals surface area contributed by atoms with E-state index in [-0.39, 0.29) is 0 Å². The molecule has 1 aliphatic carbocycles. The Hall–Kier alpha value is -0.970. The first-order valence-corrected chi connectivity index (χ1v) is 8.37. The van der Waals surface area contributed by atoms with Crippen LogP contribution in [0, 0.1) is 5.92 Å². The second-order valence-electron chi connectivity index (χ2n) is 6.31. The Morgan fingerprint density at radius 1 is 1.40 bits per heavy atom. The van der Waals surface area contributed by atoms with E-state index in [0.717, 1.165) is 19.0 Å². The van der Waals surface area contributed by atoms with Crippen LogP contribution >= 0.6 is 11.3 Å². The number of aromatic nitrogens is 1. The molecule has 4 heteroatoms. The summed E-state index contributed by atoms with van der Waals surface area (Å²) in [5, 5.41) is 1.35. The van der Waals surface area contributed by atoms with Gasteiger partial charge in [0.25, 0.3) is 0 Å². The number of hydrogen-bond acceptors (Lipinski definition) is 4. The van der Waals surface area contributed by atoms with Crippen molar-refractivity contribution in [3.05, 3.63) is 28.8 Å². The minimum atomic E-state index is 0.487. The third-order valence-corrected chi connectivity index (χ3v) is 5.90. The molecule has 106 valence electrons. The topological polar surface area (TPSA) is 42.1 Å². The quantitative estimate of drug-likeness (QED) is 0.943. The summed E-state index contributed by atoms with van der Waals surface area (Å²) in [4.78, 5) is 7.41. The number of nitrogens with zero attached hydrogens (tertiary/aromatic N) is 2. The SMILES string of the molecule is CN1CC(CN)CC1c1cccc2sc(C3CC3)nc12. The van der Waals surface area contributed by atoms with E-state index in [9.17, 15) is 0 Å². The molecule has 2 unspecified atom stereocenters. The first-order chi connectivity index (χ1) is 9.76. The van der Waals surface area contributed by atoms with E-state index in [2.05, 4.69) is 30.1 Å². The van der Waals surface area contributed by atoms with Gasteiger partial charge in [0.2, 0.25) is 0 Å². The molecule has 2 heterocycles. The van der Waals surface area contributed by atoms with Crippen molar-refractivity contribution in [3.8, 4) is 0 Å². The number of benzene rings is 1. The second-order valence-corrected chi connectivity index (χ2v) is 7.38. The minimum Gasteiger partial charge on any atom is -0.330 e. The number of hydrogen-bond donors (Lipinski definition) is 1. The van der Waals surface area contributed by atoms with Crippen LogP contribution in [-0.4, -0.2) is 30.0 Å². The van der Waals surface area contributed by atoms with Gasteiger partial charge in [-0.2, -0.15) is 0 Å². The van der Waals surface area contributed by atoms with Crippen LogP contribution in [0.25, 0.3) is 10.2 Å². The van der Waals surface area contributed by atoms with Crippen LogP contribution in [0.4, 0.5) is 0 Å². The van der Waals surface area contributed by atoms with Crippen LogP contribution in [0.1, 0.15) is 41.8 Å². The average molecular weight is 287 g/mol. The first-order valence-electron chi connectivity index (χ1n) is 7.56. The number of para-hydroxylation sites is 1. The summed E-state index contributed by atoms with van der Waals surface area (Å²) in [5.74, 6) is 1.38. The standard InChI is InChI=1S/C16H21N3S/c1-19-9-10(8-17)7-13(19)12-3-2-4-14-15(12)18-16(20-14)11-5-6-11/h2-4,10-11,13H,5-9,17H2,1H3. The summed E-state index contributed by atoms with van der Waals surface area (Å²) in [6.45, 7) is 1.90. The number of rotatable bonds is 3. The molecule has 1 aliphatic heterocycles. The predicted molar refractivity (Wildman–Crippen MR) is 84.1 cm³/mol. The number of thiazole rings is 1. The van der Waals surface area contributed by atoms with Gasteiger partial charge in [-0.05, 0) is 50.4 Å². The zero-order chi connectivity index (χ0) is 13.7. The highest BCUT2D eigenvalue weighted by Gasteiger charge is 2.32. The Morgan fingerprint density at radius 2 is 2.25 bits per heavy atom. The fraction of sp³-hybridized carbons (Fsp3) is 0.562. The maximum atomic E-state index is 5.86. The lowest BCUT2D eigenvalue weighted by molar-refractivity contribution is 0.315. The van der Waals surface area contributed by atoms with Crippen molar-refractivity contribution in [3.63, 3.8) is 0 Å². The van der Waals surface area contributed by atoms with E-state index in [4.69, 9.17) is 10.7 Å². The second kappa shape index (κ2) is 4.79. The fourth-order valence-electron chi connectivity index (χ4n) is 3.40. The van der Waals surface area contributed by atoms with Crippen LogP contribution in [0.15, 0.2) is 18.2 Å². The van der Waals surface area contributed by atoms with Gasteiger partial charge in [0.05, 0.1) is 15.2 Å². The summed E-state index contributed by atoms with van der Waals surface area (Å²) in [7, 11) is 2.22. The van der Waals surface area contributed by atoms with Gasteiger partial charge in [-0.15, -0.1) is 11.3 Å². The molecule has 0 amide bonds. The monoisotopic (exact) mass is 287 g/mol. The van der Waals surface area contributed by atoms with Crippen LogP contribution in [0.3, 0.4) is 0 Å². The van der Waals surface area contributed by atoms with Gasteiger partial charge in [-0.1, -0.05) is 12.1 Å². The molecule has 20 heavy (non-hydrogen) atoms. The van der Waals surface area contributed by atoms with E-state index in [0.29, 0.717) is 12.0 Å². The van der Waals surface area contributed by atoms with Crippen molar-refractivity contribution < 1.29 is 0 Å². The summed E-state index contributed by atoms with van der Waals surface area (Å²) in [6.07, 6.45) is 3.82. The molecule has 0 spiro atoms.